The normalized spacial score (nSPS) is 23.7. The Morgan fingerprint density at radius 3 is 3.00 bits per heavy atom. The number of amides is 1. The zero-order valence-corrected chi connectivity index (χ0v) is 11.2. The van der Waals surface area contributed by atoms with Gasteiger partial charge in [0.2, 0.25) is 5.82 Å². The van der Waals surface area contributed by atoms with Gasteiger partial charge in [0.05, 0.1) is 6.10 Å². The molecule has 106 valence electrons. The number of primary amides is 1. The Morgan fingerprint density at radius 1 is 1.68 bits per heavy atom. The summed E-state index contributed by atoms with van der Waals surface area (Å²) in [5.74, 6) is -0.759. The van der Waals surface area contributed by atoms with Gasteiger partial charge < -0.3 is 10.5 Å². The maximum atomic E-state index is 10.9. The smallest absolute Gasteiger partial charge is 0.363 e. The van der Waals surface area contributed by atoms with Crippen molar-refractivity contribution in [2.75, 3.05) is 13.3 Å². The van der Waals surface area contributed by atoms with Gasteiger partial charge in [0, 0.05) is 0 Å². The fourth-order valence-corrected chi connectivity index (χ4v) is 2.20. The van der Waals surface area contributed by atoms with E-state index in [1.54, 1.807) is 0 Å². The fourth-order valence-electron chi connectivity index (χ4n) is 1.75. The number of rotatable bonds is 5. The molecule has 1 aromatic heterocycles. The molecule has 4 N–H and O–H groups in total. The molecular formula is C9H16N4O5P+. The molecule has 0 aromatic carbocycles. The number of hydrogen-bond donors (Lipinski definition) is 3. The van der Waals surface area contributed by atoms with Gasteiger partial charge in [-0.3, -0.25) is 4.79 Å². The van der Waals surface area contributed by atoms with Gasteiger partial charge in [-0.15, -0.1) is 5.10 Å². The minimum absolute atomic E-state index is 0.0625. The van der Waals surface area contributed by atoms with Gasteiger partial charge in [-0.2, -0.15) is 14.3 Å². The first-order valence-corrected chi connectivity index (χ1v) is 7.74. The van der Waals surface area contributed by atoms with Crippen LogP contribution in [0.15, 0.2) is 6.33 Å². The number of ether oxygens (including phenoxy) is 1. The summed E-state index contributed by atoms with van der Waals surface area (Å²) in [7, 11) is -3.24. The minimum Gasteiger partial charge on any atom is -0.363 e. The van der Waals surface area contributed by atoms with Gasteiger partial charge in [0.1, 0.15) is 19.6 Å². The van der Waals surface area contributed by atoms with Crippen LogP contribution >= 0.6 is 7.94 Å². The van der Waals surface area contributed by atoms with Crippen molar-refractivity contribution >= 4 is 13.9 Å². The monoisotopic (exact) mass is 291 g/mol. The lowest BCUT2D eigenvalue weighted by Gasteiger charge is -2.13. The van der Waals surface area contributed by atoms with Crippen LogP contribution in [0, 0.1) is 0 Å². The first-order valence-electron chi connectivity index (χ1n) is 5.68. The maximum Gasteiger partial charge on any atom is 0.403 e. The summed E-state index contributed by atoms with van der Waals surface area (Å²) in [6.45, 7) is 1.33. The van der Waals surface area contributed by atoms with E-state index in [9.17, 15) is 4.79 Å². The van der Waals surface area contributed by atoms with Crippen LogP contribution in [0.1, 0.15) is 29.7 Å². The summed E-state index contributed by atoms with van der Waals surface area (Å²) in [5, 5.41) is 3.91. The SMILES string of the molecule is C[P+](O)(O)OCC1CC[C@H](n2cnc(C(N)=O)n2)O1. The second-order valence-corrected chi connectivity index (χ2v) is 6.26. The lowest BCUT2D eigenvalue weighted by atomic mass is 10.2. The third-order valence-electron chi connectivity index (χ3n) is 2.61. The zero-order valence-electron chi connectivity index (χ0n) is 10.3. The Morgan fingerprint density at radius 2 is 2.42 bits per heavy atom. The highest BCUT2D eigenvalue weighted by Gasteiger charge is 2.33. The lowest BCUT2D eigenvalue weighted by Crippen LogP contribution is -2.18. The predicted molar refractivity (Wildman–Crippen MR) is 64.9 cm³/mol. The maximum absolute atomic E-state index is 10.9. The van der Waals surface area contributed by atoms with Crippen molar-refractivity contribution in [2.24, 2.45) is 5.73 Å². The average Bonchev–Trinajstić information content (AvgIpc) is 2.94. The Balaban J connectivity index is 1.89. The highest BCUT2D eigenvalue weighted by molar-refractivity contribution is 7.58. The Bertz CT molecular complexity index is 460. The summed E-state index contributed by atoms with van der Waals surface area (Å²) >= 11 is 0. The molecule has 0 radical (unpaired) electrons. The molecule has 19 heavy (non-hydrogen) atoms. The van der Waals surface area contributed by atoms with Crippen LogP contribution < -0.4 is 5.73 Å². The molecule has 1 unspecified atom stereocenters. The Hall–Kier alpha value is -1.12. The van der Waals surface area contributed by atoms with E-state index in [2.05, 4.69) is 10.1 Å². The number of hydrogen-bond acceptors (Lipinski definition) is 7. The first-order chi connectivity index (χ1) is 8.85. The lowest BCUT2D eigenvalue weighted by molar-refractivity contribution is -0.0266. The molecule has 0 bridgehead atoms. The summed E-state index contributed by atoms with van der Waals surface area (Å²) < 4.78 is 12.0. The van der Waals surface area contributed by atoms with Crippen LogP contribution in [0.4, 0.5) is 0 Å². The van der Waals surface area contributed by atoms with Crippen molar-refractivity contribution in [3.05, 3.63) is 12.2 Å². The molecule has 2 heterocycles. The third-order valence-corrected chi connectivity index (χ3v) is 3.25. The van der Waals surface area contributed by atoms with Crippen molar-refractivity contribution in [1.29, 1.82) is 0 Å². The number of aromatic nitrogens is 3. The van der Waals surface area contributed by atoms with Gasteiger partial charge in [-0.05, 0) is 12.8 Å². The Labute approximate surface area is 109 Å². The largest absolute Gasteiger partial charge is 0.403 e. The number of carbonyl (C=O) groups excluding carboxylic acids is 1. The van der Waals surface area contributed by atoms with Crippen LogP contribution in [-0.4, -0.2) is 49.8 Å². The summed E-state index contributed by atoms with van der Waals surface area (Å²) in [5.41, 5.74) is 5.06. The second-order valence-electron chi connectivity index (χ2n) is 4.33. The highest BCUT2D eigenvalue weighted by Crippen LogP contribution is 2.47. The standard InChI is InChI=1S/C9H15N4O5P/c1-19(15,16)17-4-6-2-3-7(18-6)13-5-11-9(12-13)8(10)14/h5-7,15-16H,2-4H2,1H3,(H-,10,14)/p+1/t6?,7-/m1/s1. The number of nitrogens with two attached hydrogens (primary N) is 1. The van der Waals surface area contributed by atoms with E-state index in [4.69, 9.17) is 24.8 Å². The fraction of sp³-hybridized carbons (Fsp3) is 0.667. The minimum atomic E-state index is -3.24. The Kier molecular flexibility index (Phi) is 4.12. The van der Waals surface area contributed by atoms with Gasteiger partial charge >= 0.3 is 7.94 Å². The predicted octanol–water partition coefficient (Wildman–Crippen LogP) is -0.552. The molecule has 1 aliphatic rings. The van der Waals surface area contributed by atoms with Crippen LogP contribution in [-0.2, 0) is 9.26 Å². The van der Waals surface area contributed by atoms with Crippen molar-refractivity contribution in [1.82, 2.24) is 14.8 Å². The highest BCUT2D eigenvalue weighted by atomic mass is 31.2. The zero-order chi connectivity index (χ0) is 14.0. The molecular weight excluding hydrogens is 275 g/mol. The van der Waals surface area contributed by atoms with Gasteiger partial charge in [0.25, 0.3) is 5.91 Å². The van der Waals surface area contributed by atoms with E-state index < -0.39 is 13.9 Å². The molecule has 0 saturated carbocycles. The second kappa shape index (κ2) is 5.48. The molecule has 2 rings (SSSR count). The summed E-state index contributed by atoms with van der Waals surface area (Å²) in [4.78, 5) is 32.9. The van der Waals surface area contributed by atoms with Crippen molar-refractivity contribution in [3.8, 4) is 0 Å². The summed E-state index contributed by atoms with van der Waals surface area (Å²) in [6, 6.07) is 0. The average molecular weight is 291 g/mol. The molecule has 1 amide bonds. The molecule has 2 atom stereocenters. The summed E-state index contributed by atoms with van der Waals surface area (Å²) in [6.07, 6.45) is 2.14. The molecule has 1 aromatic rings. The molecule has 1 fully saturated rings. The van der Waals surface area contributed by atoms with Crippen molar-refractivity contribution < 1.29 is 23.8 Å². The van der Waals surface area contributed by atoms with Gasteiger partial charge in [-0.25, -0.2) is 9.67 Å². The van der Waals surface area contributed by atoms with Crippen LogP contribution in [0.5, 0.6) is 0 Å². The van der Waals surface area contributed by atoms with Crippen LogP contribution in [0.2, 0.25) is 0 Å². The third kappa shape index (κ3) is 3.92. The van der Waals surface area contributed by atoms with E-state index in [0.717, 1.165) is 0 Å². The van der Waals surface area contributed by atoms with Crippen molar-refractivity contribution in [3.63, 3.8) is 0 Å². The van der Waals surface area contributed by atoms with E-state index in [-0.39, 0.29) is 24.8 Å². The molecule has 0 spiro atoms. The van der Waals surface area contributed by atoms with E-state index in [1.807, 2.05) is 0 Å². The van der Waals surface area contributed by atoms with Crippen LogP contribution in [0.25, 0.3) is 0 Å². The van der Waals surface area contributed by atoms with E-state index >= 15 is 0 Å². The van der Waals surface area contributed by atoms with Crippen molar-refractivity contribution in [2.45, 2.75) is 25.2 Å². The first kappa shape index (κ1) is 14.3. The molecule has 0 aliphatic carbocycles. The van der Waals surface area contributed by atoms with Crippen LogP contribution in [0.3, 0.4) is 0 Å². The van der Waals surface area contributed by atoms with Gasteiger partial charge in [-0.1, -0.05) is 0 Å². The number of nitrogens with zero attached hydrogens (tertiary/aromatic N) is 3. The molecule has 10 heteroatoms. The van der Waals surface area contributed by atoms with Gasteiger partial charge in [0.15, 0.2) is 6.23 Å². The van der Waals surface area contributed by atoms with E-state index in [1.165, 1.54) is 17.7 Å². The topological polar surface area (TPSA) is 133 Å². The van der Waals surface area contributed by atoms with E-state index in [0.29, 0.717) is 12.8 Å². The molecule has 9 nitrogen and oxygen atoms in total. The molecule has 1 aliphatic heterocycles. The quantitative estimate of drug-likeness (QED) is 0.620. The number of carbonyl (C=O) groups is 1. The molecule has 1 saturated heterocycles.